The molecule has 0 fully saturated rings. The smallest absolute Gasteiger partial charge is 0.297 e. The molecule has 5 heteroatoms. The van der Waals surface area contributed by atoms with Crippen LogP contribution in [-0.2, 0) is 32.5 Å². The molecule has 0 unspecified atom stereocenters. The molecule has 354 valence electrons. The third kappa shape index (κ3) is 7.93. The second kappa shape index (κ2) is 15.8. The van der Waals surface area contributed by atoms with Crippen LogP contribution in [-0.4, -0.2) is 6.71 Å². The van der Waals surface area contributed by atoms with Gasteiger partial charge in [-0.1, -0.05) is 178 Å². The number of hydrogen-bond acceptors (Lipinski definition) is 4. The Morgan fingerprint density at radius 1 is 0.464 bits per heavy atom. The number of anilines is 9. The molecule has 0 saturated heterocycles. The van der Waals surface area contributed by atoms with E-state index >= 15 is 0 Å². The molecule has 1 aromatic heterocycles. The van der Waals surface area contributed by atoms with E-state index < -0.39 is 0 Å². The van der Waals surface area contributed by atoms with Crippen LogP contribution in [0.1, 0.15) is 157 Å². The van der Waals surface area contributed by atoms with Gasteiger partial charge in [0.1, 0.15) is 5.76 Å². The van der Waals surface area contributed by atoms with Crippen molar-refractivity contribution in [2.24, 2.45) is 0 Å². The molecule has 0 N–H and O–H groups in total. The Morgan fingerprint density at radius 2 is 0.913 bits per heavy atom. The van der Waals surface area contributed by atoms with Crippen molar-refractivity contribution in [3.05, 3.63) is 167 Å². The summed E-state index contributed by atoms with van der Waals surface area (Å²) in [7, 11) is 0. The third-order valence-corrected chi connectivity index (χ3v) is 15.6. The van der Waals surface area contributed by atoms with Gasteiger partial charge in [0, 0.05) is 50.8 Å². The van der Waals surface area contributed by atoms with Gasteiger partial charge >= 0.3 is 0 Å². The Bertz CT molecular complexity index is 3070. The van der Waals surface area contributed by atoms with Gasteiger partial charge in [-0.25, -0.2) is 0 Å². The number of rotatable bonds is 5. The molecule has 1 aliphatic carbocycles. The Hall–Kier alpha value is -5.94. The lowest BCUT2D eigenvalue weighted by molar-refractivity contribution is 0.282. The zero-order chi connectivity index (χ0) is 49.4. The first-order valence-corrected chi connectivity index (χ1v) is 25.5. The van der Waals surface area contributed by atoms with Crippen molar-refractivity contribution < 1.29 is 4.42 Å². The fourth-order valence-corrected chi connectivity index (χ4v) is 11.3. The average molecular weight is 912 g/mol. The fourth-order valence-electron chi connectivity index (χ4n) is 11.3. The minimum absolute atomic E-state index is 0.00677. The maximum atomic E-state index is 7.72. The van der Waals surface area contributed by atoms with Crippen LogP contribution >= 0.6 is 0 Å². The average Bonchev–Trinajstić information content (AvgIpc) is 3.70. The Balaban J connectivity index is 1.36. The van der Waals surface area contributed by atoms with E-state index in [1.807, 2.05) is 0 Å². The lowest BCUT2D eigenvalue weighted by Gasteiger charge is -2.45. The van der Waals surface area contributed by atoms with Gasteiger partial charge in [-0.15, -0.1) is 0 Å². The predicted molar refractivity (Wildman–Crippen MR) is 297 cm³/mol. The van der Waals surface area contributed by atoms with Crippen LogP contribution in [0.3, 0.4) is 0 Å². The van der Waals surface area contributed by atoms with E-state index in [-0.39, 0.29) is 39.2 Å². The number of nitrogens with zero attached hydrogens (tertiary/aromatic N) is 3. The van der Waals surface area contributed by atoms with E-state index in [9.17, 15) is 0 Å². The first kappa shape index (κ1) is 46.8. The lowest BCUT2D eigenvalue weighted by Crippen LogP contribution is -2.61. The van der Waals surface area contributed by atoms with Crippen LogP contribution in [0.25, 0.3) is 0 Å². The highest BCUT2D eigenvalue weighted by molar-refractivity contribution is 6.99. The minimum Gasteiger partial charge on any atom is -0.472 e. The Kier molecular flexibility index (Phi) is 10.7. The molecule has 69 heavy (non-hydrogen) atoms. The quantitative estimate of drug-likeness (QED) is 0.161. The Morgan fingerprint density at radius 3 is 1.43 bits per heavy atom. The summed E-state index contributed by atoms with van der Waals surface area (Å²) in [5, 5.41) is 0. The predicted octanol–water partition coefficient (Wildman–Crippen LogP) is 16.4. The molecule has 7 aromatic rings. The van der Waals surface area contributed by atoms with Crippen molar-refractivity contribution in [1.29, 1.82) is 0 Å². The highest BCUT2D eigenvalue weighted by atomic mass is 16.3. The summed E-state index contributed by atoms with van der Waals surface area (Å²) in [5.74, 6) is 1.13. The van der Waals surface area contributed by atoms with Crippen LogP contribution in [0.4, 0.5) is 51.2 Å². The van der Waals surface area contributed by atoms with E-state index in [1.54, 1.807) is 0 Å². The van der Waals surface area contributed by atoms with Crippen LogP contribution in [0, 0.1) is 0 Å². The molecule has 0 spiro atoms. The number of benzene rings is 6. The van der Waals surface area contributed by atoms with Gasteiger partial charge in [-0.2, -0.15) is 0 Å². The standard InChI is InChI=1S/C64H74BN3O/c1-59(2,3)41-22-29-46(30-23-41)66(45-20-18-17-19-21-45)49-39-52-55-53(40-49)68(48-33-26-43(27-34-48)61(7,8)9)56-54-57(64(15,16)37-36-63(54,13)14)69-58(56)65(55)50-38-44(62(10,11)12)28-35-51(50)67(52)47-31-24-42(25-32-47)60(4,5)6/h17-35,38-40H,36-37H2,1-16H3. The minimum atomic E-state index is -0.153. The summed E-state index contributed by atoms with van der Waals surface area (Å²) in [4.78, 5) is 7.63. The van der Waals surface area contributed by atoms with Crippen LogP contribution in [0.15, 0.2) is 138 Å². The van der Waals surface area contributed by atoms with Crippen molar-refractivity contribution in [1.82, 2.24) is 0 Å². The summed E-state index contributed by atoms with van der Waals surface area (Å²) in [5.41, 5.74) is 20.3. The molecule has 0 saturated carbocycles. The fraction of sp³-hybridized carbons (Fsp3) is 0.375. The van der Waals surface area contributed by atoms with Crippen LogP contribution in [0.5, 0.6) is 0 Å². The monoisotopic (exact) mass is 912 g/mol. The van der Waals surface area contributed by atoms with Crippen LogP contribution < -0.4 is 31.3 Å². The SMILES string of the molecule is CC(C)(C)c1ccc(N(c2ccccc2)c2cc3c4c(c2)N(c2ccc(C(C)(C)C)cc2)c2c(oc5c2C(C)(C)CCC5(C)C)B4c2cc(C(C)(C)C)ccc2N3c2ccc(C(C)(C)C)cc2)cc1. The summed E-state index contributed by atoms with van der Waals surface area (Å²) in [6, 6.07) is 51.2. The zero-order valence-electron chi connectivity index (χ0n) is 44.4. The maximum Gasteiger partial charge on any atom is 0.297 e. The van der Waals surface area contributed by atoms with E-state index in [4.69, 9.17) is 4.42 Å². The molecule has 4 nitrogen and oxygen atoms in total. The molecule has 3 aliphatic rings. The molecular weight excluding hydrogens is 838 g/mol. The number of furan rings is 1. The van der Waals surface area contributed by atoms with Gasteiger partial charge in [0.2, 0.25) is 0 Å². The van der Waals surface area contributed by atoms with Crippen molar-refractivity contribution >= 4 is 74.5 Å². The molecule has 0 amide bonds. The van der Waals surface area contributed by atoms with E-state index in [2.05, 4.69) is 259 Å². The molecule has 0 atom stereocenters. The molecule has 0 radical (unpaired) electrons. The molecular formula is C64H74BN3O. The van der Waals surface area contributed by atoms with Gasteiger partial charge in [0.25, 0.3) is 6.71 Å². The second-order valence-electron chi connectivity index (χ2n) is 25.9. The largest absolute Gasteiger partial charge is 0.472 e. The third-order valence-electron chi connectivity index (χ3n) is 15.6. The molecule has 3 heterocycles. The topological polar surface area (TPSA) is 22.9 Å². The Labute approximate surface area is 414 Å². The van der Waals surface area contributed by atoms with Crippen molar-refractivity contribution in [3.8, 4) is 0 Å². The highest BCUT2D eigenvalue weighted by Gasteiger charge is 2.52. The van der Waals surface area contributed by atoms with E-state index in [1.165, 1.54) is 55.8 Å². The first-order chi connectivity index (χ1) is 32.2. The summed E-state index contributed by atoms with van der Waals surface area (Å²) < 4.78 is 7.72. The van der Waals surface area contributed by atoms with Crippen molar-refractivity contribution in [3.63, 3.8) is 0 Å². The summed E-state index contributed by atoms with van der Waals surface area (Å²) in [6.07, 6.45) is 2.14. The molecule has 2 aliphatic heterocycles. The van der Waals surface area contributed by atoms with Gasteiger partial charge in [0.05, 0.1) is 17.0 Å². The van der Waals surface area contributed by atoms with Crippen molar-refractivity contribution in [2.75, 3.05) is 14.7 Å². The van der Waals surface area contributed by atoms with E-state index in [0.717, 1.165) is 58.4 Å². The second-order valence-corrected chi connectivity index (χ2v) is 25.9. The number of para-hydroxylation sites is 1. The summed E-state index contributed by atoms with van der Waals surface area (Å²) >= 11 is 0. The zero-order valence-corrected chi connectivity index (χ0v) is 44.4. The number of fused-ring (bicyclic) bond motifs is 6. The van der Waals surface area contributed by atoms with E-state index in [0.29, 0.717) is 0 Å². The van der Waals surface area contributed by atoms with Crippen LogP contribution in [0.2, 0.25) is 0 Å². The van der Waals surface area contributed by atoms with Gasteiger partial charge in [0.15, 0.2) is 0 Å². The molecule has 0 bridgehead atoms. The number of hydrogen-bond donors (Lipinski definition) is 0. The highest BCUT2D eigenvalue weighted by Crippen LogP contribution is 2.56. The van der Waals surface area contributed by atoms with Gasteiger partial charge in [-0.05, 0) is 140 Å². The molecule has 10 rings (SSSR count). The maximum absolute atomic E-state index is 7.72. The first-order valence-electron chi connectivity index (χ1n) is 25.5. The molecule has 6 aromatic carbocycles. The normalized spacial score (nSPS) is 16.1. The lowest BCUT2D eigenvalue weighted by atomic mass is 9.35. The van der Waals surface area contributed by atoms with Crippen molar-refractivity contribution in [2.45, 2.75) is 156 Å². The van der Waals surface area contributed by atoms with Gasteiger partial charge in [-0.3, -0.25) is 0 Å². The van der Waals surface area contributed by atoms with Gasteiger partial charge < -0.3 is 19.1 Å². The summed E-state index contributed by atoms with van der Waals surface area (Å²) in [6.45, 7) is 37.2.